The number of rotatable bonds is 4. The Morgan fingerprint density at radius 3 is 2.93 bits per heavy atom. The van der Waals surface area contributed by atoms with Crippen LogP contribution in [0.3, 0.4) is 0 Å². The van der Waals surface area contributed by atoms with Crippen molar-refractivity contribution in [1.82, 2.24) is 5.43 Å². The molecule has 2 aromatic rings. The minimum atomic E-state index is 0.180. The van der Waals surface area contributed by atoms with Gasteiger partial charge in [0.25, 0.3) is 0 Å². The van der Waals surface area contributed by atoms with Crippen molar-refractivity contribution in [2.75, 3.05) is 0 Å². The lowest BCUT2D eigenvalue weighted by Gasteiger charge is -2.10. The molecule has 1 heterocycles. The second-order valence-corrected chi connectivity index (χ2v) is 4.55. The molecule has 0 aliphatic carbocycles. The largest absolute Gasteiger partial charge is 0.271 e. The average Bonchev–Trinajstić information content (AvgIpc) is 2.69. The van der Waals surface area contributed by atoms with Crippen molar-refractivity contribution >= 4 is 21.4 Å². The van der Waals surface area contributed by atoms with E-state index in [1.54, 1.807) is 11.3 Å². The first kappa shape index (κ1) is 10.4. The van der Waals surface area contributed by atoms with Crippen LogP contribution >= 0.6 is 11.3 Å². The Hall–Kier alpha value is -1.16. The minimum absolute atomic E-state index is 0.180. The fourth-order valence-corrected chi connectivity index (χ4v) is 2.74. The Morgan fingerprint density at radius 1 is 1.47 bits per heavy atom. The lowest BCUT2D eigenvalue weighted by molar-refractivity contribution is 0.571. The second-order valence-electron chi connectivity index (χ2n) is 3.43. The fourth-order valence-electron chi connectivity index (χ4n) is 1.61. The Balaban J connectivity index is 2.38. The molecule has 0 saturated carbocycles. The first-order valence-electron chi connectivity index (χ1n) is 4.90. The van der Waals surface area contributed by atoms with Gasteiger partial charge in [0.1, 0.15) is 0 Å². The van der Waals surface area contributed by atoms with E-state index in [1.165, 1.54) is 15.0 Å². The first-order valence-corrected chi connectivity index (χ1v) is 5.72. The molecule has 1 aromatic heterocycles. The van der Waals surface area contributed by atoms with Crippen LogP contribution in [0.4, 0.5) is 0 Å². The summed E-state index contributed by atoms with van der Waals surface area (Å²) < 4.78 is 1.30. The van der Waals surface area contributed by atoms with Gasteiger partial charge < -0.3 is 0 Å². The standard InChI is InChI=1S/C12H14N2S/c1-2-5-10(14-13)12-8-9-6-3-4-7-11(9)15-12/h2-4,6-8,10,14H,1,5,13H2. The zero-order valence-electron chi connectivity index (χ0n) is 8.44. The summed E-state index contributed by atoms with van der Waals surface area (Å²) in [7, 11) is 0. The molecule has 2 nitrogen and oxygen atoms in total. The lowest BCUT2D eigenvalue weighted by atomic mass is 10.1. The van der Waals surface area contributed by atoms with Crippen molar-refractivity contribution in [1.29, 1.82) is 0 Å². The van der Waals surface area contributed by atoms with Gasteiger partial charge in [-0.3, -0.25) is 11.3 Å². The van der Waals surface area contributed by atoms with Gasteiger partial charge in [0.15, 0.2) is 0 Å². The topological polar surface area (TPSA) is 38.0 Å². The van der Waals surface area contributed by atoms with Gasteiger partial charge in [0, 0.05) is 9.58 Å². The SMILES string of the molecule is C=CCC(NN)c1cc2ccccc2s1. The Bertz CT molecular complexity index is 428. The number of hydrogen-bond acceptors (Lipinski definition) is 3. The highest BCUT2D eigenvalue weighted by atomic mass is 32.1. The third-order valence-corrected chi connectivity index (χ3v) is 3.62. The molecule has 1 aromatic carbocycles. The zero-order chi connectivity index (χ0) is 10.7. The van der Waals surface area contributed by atoms with E-state index in [2.05, 4.69) is 42.3 Å². The van der Waals surface area contributed by atoms with Gasteiger partial charge in [-0.2, -0.15) is 0 Å². The van der Waals surface area contributed by atoms with Crippen LogP contribution in [-0.4, -0.2) is 0 Å². The highest BCUT2D eigenvalue weighted by Gasteiger charge is 2.10. The molecule has 0 aliphatic heterocycles. The number of hydrogen-bond donors (Lipinski definition) is 2. The Labute approximate surface area is 93.4 Å². The first-order chi connectivity index (χ1) is 7.35. The molecule has 0 amide bonds. The van der Waals surface area contributed by atoms with E-state index in [0.29, 0.717) is 0 Å². The molecule has 0 radical (unpaired) electrons. The summed E-state index contributed by atoms with van der Waals surface area (Å²) in [6.07, 6.45) is 2.73. The summed E-state index contributed by atoms with van der Waals surface area (Å²) in [5.41, 5.74) is 2.82. The van der Waals surface area contributed by atoms with Crippen molar-refractivity contribution in [2.45, 2.75) is 12.5 Å². The zero-order valence-corrected chi connectivity index (χ0v) is 9.26. The molecule has 1 unspecified atom stereocenters. The maximum atomic E-state index is 5.52. The Kier molecular flexibility index (Phi) is 3.16. The molecule has 0 bridgehead atoms. The van der Waals surface area contributed by atoms with E-state index in [9.17, 15) is 0 Å². The van der Waals surface area contributed by atoms with Crippen molar-refractivity contribution in [3.8, 4) is 0 Å². The molecule has 3 N–H and O–H groups in total. The second kappa shape index (κ2) is 4.57. The van der Waals surface area contributed by atoms with Gasteiger partial charge in [-0.05, 0) is 23.9 Å². The van der Waals surface area contributed by atoms with Gasteiger partial charge in [0.2, 0.25) is 0 Å². The van der Waals surface area contributed by atoms with Gasteiger partial charge in [-0.25, -0.2) is 0 Å². The van der Waals surface area contributed by atoms with Crippen molar-refractivity contribution in [3.63, 3.8) is 0 Å². The van der Waals surface area contributed by atoms with Crippen LogP contribution in [0.2, 0.25) is 0 Å². The van der Waals surface area contributed by atoms with Crippen LogP contribution in [0, 0.1) is 0 Å². The minimum Gasteiger partial charge on any atom is -0.271 e. The van der Waals surface area contributed by atoms with Crippen molar-refractivity contribution in [3.05, 3.63) is 47.9 Å². The number of nitrogens with one attached hydrogen (secondary N) is 1. The number of nitrogens with two attached hydrogens (primary N) is 1. The number of benzene rings is 1. The molecular weight excluding hydrogens is 204 g/mol. The number of hydrazine groups is 1. The van der Waals surface area contributed by atoms with Gasteiger partial charge in [-0.1, -0.05) is 24.3 Å². The molecule has 0 spiro atoms. The summed E-state index contributed by atoms with van der Waals surface area (Å²) in [5.74, 6) is 5.52. The summed E-state index contributed by atoms with van der Waals surface area (Å²) in [5, 5.41) is 1.28. The van der Waals surface area contributed by atoms with Gasteiger partial charge >= 0.3 is 0 Å². The summed E-state index contributed by atoms with van der Waals surface area (Å²) in [4.78, 5) is 1.26. The van der Waals surface area contributed by atoms with Crippen LogP contribution in [-0.2, 0) is 0 Å². The monoisotopic (exact) mass is 218 g/mol. The summed E-state index contributed by atoms with van der Waals surface area (Å²) in [6.45, 7) is 3.74. The highest BCUT2D eigenvalue weighted by Crippen LogP contribution is 2.30. The molecule has 15 heavy (non-hydrogen) atoms. The van der Waals surface area contributed by atoms with Crippen molar-refractivity contribution < 1.29 is 0 Å². The predicted octanol–water partition coefficient (Wildman–Crippen LogP) is 2.98. The molecule has 0 fully saturated rings. The van der Waals surface area contributed by atoms with Crippen LogP contribution in [0.5, 0.6) is 0 Å². The summed E-state index contributed by atoms with van der Waals surface area (Å²) >= 11 is 1.78. The van der Waals surface area contributed by atoms with E-state index < -0.39 is 0 Å². The van der Waals surface area contributed by atoms with Crippen LogP contribution < -0.4 is 11.3 Å². The van der Waals surface area contributed by atoms with E-state index in [0.717, 1.165) is 6.42 Å². The average molecular weight is 218 g/mol. The third-order valence-electron chi connectivity index (χ3n) is 2.39. The van der Waals surface area contributed by atoms with Crippen LogP contribution in [0.25, 0.3) is 10.1 Å². The fraction of sp³-hybridized carbons (Fsp3) is 0.167. The predicted molar refractivity (Wildman–Crippen MR) is 66.7 cm³/mol. The molecule has 78 valence electrons. The molecule has 0 aliphatic rings. The maximum absolute atomic E-state index is 5.52. The van der Waals surface area contributed by atoms with E-state index >= 15 is 0 Å². The quantitative estimate of drug-likeness (QED) is 0.470. The smallest absolute Gasteiger partial charge is 0.0587 e. The molecule has 0 saturated heterocycles. The molecule has 1 atom stereocenters. The number of fused-ring (bicyclic) bond motifs is 1. The van der Waals surface area contributed by atoms with E-state index in [1.807, 2.05) is 6.08 Å². The number of thiophene rings is 1. The van der Waals surface area contributed by atoms with Crippen LogP contribution in [0.1, 0.15) is 17.3 Å². The Morgan fingerprint density at radius 2 is 2.27 bits per heavy atom. The van der Waals surface area contributed by atoms with Gasteiger partial charge in [0.05, 0.1) is 6.04 Å². The normalized spacial score (nSPS) is 12.9. The maximum Gasteiger partial charge on any atom is 0.0587 e. The van der Waals surface area contributed by atoms with E-state index in [-0.39, 0.29) is 6.04 Å². The summed E-state index contributed by atoms with van der Waals surface area (Å²) in [6, 6.07) is 10.7. The molecular formula is C12H14N2S. The van der Waals surface area contributed by atoms with Crippen LogP contribution in [0.15, 0.2) is 43.0 Å². The van der Waals surface area contributed by atoms with Gasteiger partial charge in [-0.15, -0.1) is 17.9 Å². The van der Waals surface area contributed by atoms with E-state index in [4.69, 9.17) is 5.84 Å². The lowest BCUT2D eigenvalue weighted by Crippen LogP contribution is -2.26. The third kappa shape index (κ3) is 2.09. The molecule has 3 heteroatoms. The highest BCUT2D eigenvalue weighted by molar-refractivity contribution is 7.19. The van der Waals surface area contributed by atoms with Crippen molar-refractivity contribution in [2.24, 2.45) is 5.84 Å². The molecule has 2 rings (SSSR count).